The predicted octanol–water partition coefficient (Wildman–Crippen LogP) is 1.20. The Morgan fingerprint density at radius 1 is 1.42 bits per heavy atom. The summed E-state index contributed by atoms with van der Waals surface area (Å²) >= 11 is 0. The highest BCUT2D eigenvalue weighted by atomic mass is 16.5. The zero-order chi connectivity index (χ0) is 8.55. The van der Waals surface area contributed by atoms with Crippen molar-refractivity contribution in [1.29, 1.82) is 0 Å². The second-order valence-electron chi connectivity index (χ2n) is 2.59. The molecule has 1 amide bonds. The van der Waals surface area contributed by atoms with Crippen molar-refractivity contribution in [3.05, 3.63) is 30.2 Å². The van der Waals surface area contributed by atoms with E-state index in [-0.39, 0.29) is 5.91 Å². The molecule has 12 heavy (non-hydrogen) atoms. The lowest BCUT2D eigenvalue weighted by Gasteiger charge is -2.01. The van der Waals surface area contributed by atoms with Gasteiger partial charge in [-0.2, -0.15) is 0 Å². The summed E-state index contributed by atoms with van der Waals surface area (Å²) in [6, 6.07) is 5.47. The third kappa shape index (κ3) is 1.03. The molecule has 1 aromatic rings. The number of benzene rings is 1. The molecule has 0 bridgehead atoms. The number of hydrogen-bond donors (Lipinski definition) is 1. The number of hydrogen-bond acceptors (Lipinski definition) is 2. The molecule has 1 radical (unpaired) electrons. The first-order valence-corrected chi connectivity index (χ1v) is 3.63. The van der Waals surface area contributed by atoms with Gasteiger partial charge in [0.15, 0.2) is 0 Å². The monoisotopic (exact) mass is 162 g/mol. The summed E-state index contributed by atoms with van der Waals surface area (Å²) in [4.78, 5) is 10.9. The summed E-state index contributed by atoms with van der Waals surface area (Å²) < 4.78 is 5.02. The van der Waals surface area contributed by atoms with Crippen LogP contribution in [0.1, 0.15) is 5.56 Å². The highest BCUT2D eigenvalue weighted by Crippen LogP contribution is 2.27. The number of carbonyl (C=O) groups excluding carboxylic acids is 1. The molecule has 0 spiro atoms. The van der Waals surface area contributed by atoms with Crippen LogP contribution in [-0.4, -0.2) is 13.0 Å². The first-order chi connectivity index (χ1) is 5.79. The summed E-state index contributed by atoms with van der Waals surface area (Å²) in [5.74, 6) is 0.694. The fraction of sp³-hybridized carbons (Fsp3) is 0.111. The van der Waals surface area contributed by atoms with Crippen molar-refractivity contribution in [3.8, 4) is 5.75 Å². The van der Waals surface area contributed by atoms with Gasteiger partial charge in [-0.1, -0.05) is 0 Å². The Balaban J connectivity index is 2.41. The molecule has 0 atom stereocenters. The van der Waals surface area contributed by atoms with Crippen LogP contribution in [0.3, 0.4) is 0 Å². The van der Waals surface area contributed by atoms with Gasteiger partial charge in [0.05, 0.1) is 13.5 Å². The van der Waals surface area contributed by atoms with Crippen molar-refractivity contribution in [1.82, 2.24) is 0 Å². The summed E-state index contributed by atoms with van der Waals surface area (Å²) in [6.07, 6.45) is 1.55. The molecular formula is C9H8NO2. The molecule has 0 aromatic heterocycles. The number of anilines is 1. The summed E-state index contributed by atoms with van der Waals surface area (Å²) in [6.45, 7) is 0. The second kappa shape index (κ2) is 2.52. The SMILES string of the molecule is COc1ccc2c(c1)[CH]C(=O)N2. The van der Waals surface area contributed by atoms with Gasteiger partial charge in [-0.15, -0.1) is 0 Å². The number of nitrogens with one attached hydrogen (secondary N) is 1. The maximum absolute atomic E-state index is 10.9. The second-order valence-corrected chi connectivity index (χ2v) is 2.59. The zero-order valence-electron chi connectivity index (χ0n) is 6.63. The number of methoxy groups -OCH3 is 1. The van der Waals surface area contributed by atoms with Crippen LogP contribution in [0.4, 0.5) is 5.69 Å². The van der Waals surface area contributed by atoms with Gasteiger partial charge in [0, 0.05) is 5.69 Å². The van der Waals surface area contributed by atoms with E-state index in [4.69, 9.17) is 4.74 Å². The Bertz CT molecular complexity index is 333. The van der Waals surface area contributed by atoms with Crippen molar-refractivity contribution in [2.24, 2.45) is 0 Å². The molecule has 0 fully saturated rings. The number of rotatable bonds is 1. The fourth-order valence-corrected chi connectivity index (χ4v) is 1.21. The normalized spacial score (nSPS) is 13.9. The largest absolute Gasteiger partial charge is 0.497 e. The smallest absolute Gasteiger partial charge is 0.233 e. The average molecular weight is 162 g/mol. The van der Waals surface area contributed by atoms with Gasteiger partial charge < -0.3 is 10.1 Å². The third-order valence-electron chi connectivity index (χ3n) is 1.80. The molecule has 3 heteroatoms. The Kier molecular flexibility index (Phi) is 1.50. The van der Waals surface area contributed by atoms with Crippen molar-refractivity contribution in [2.75, 3.05) is 12.4 Å². The number of fused-ring (bicyclic) bond motifs is 1. The van der Waals surface area contributed by atoms with Crippen LogP contribution in [0.2, 0.25) is 0 Å². The van der Waals surface area contributed by atoms with Gasteiger partial charge in [0.2, 0.25) is 5.91 Å². The summed E-state index contributed by atoms with van der Waals surface area (Å²) in [7, 11) is 1.60. The Hall–Kier alpha value is -1.51. The topological polar surface area (TPSA) is 38.3 Å². The molecule has 0 aliphatic carbocycles. The van der Waals surface area contributed by atoms with Crippen molar-refractivity contribution in [3.63, 3.8) is 0 Å². The molecule has 0 unspecified atom stereocenters. The van der Waals surface area contributed by atoms with E-state index in [0.717, 1.165) is 17.0 Å². The quantitative estimate of drug-likeness (QED) is 0.673. The summed E-state index contributed by atoms with van der Waals surface area (Å²) in [5, 5.41) is 2.70. The van der Waals surface area contributed by atoms with Gasteiger partial charge in [-0.05, 0) is 23.8 Å². The van der Waals surface area contributed by atoms with Crippen LogP contribution in [0.5, 0.6) is 5.75 Å². The number of amides is 1. The van der Waals surface area contributed by atoms with Crippen molar-refractivity contribution >= 4 is 11.6 Å². The van der Waals surface area contributed by atoms with Gasteiger partial charge in [0.25, 0.3) is 0 Å². The van der Waals surface area contributed by atoms with Crippen LogP contribution < -0.4 is 10.1 Å². The standard InChI is InChI=1S/C9H8NO2/c1-12-7-2-3-8-6(4-7)5-9(11)10-8/h2-5H,1H3,(H,10,11). The molecule has 0 saturated carbocycles. The summed E-state index contributed by atoms with van der Waals surface area (Å²) in [5.41, 5.74) is 1.74. The van der Waals surface area contributed by atoms with Crippen LogP contribution in [0.25, 0.3) is 0 Å². The Morgan fingerprint density at radius 3 is 3.00 bits per heavy atom. The third-order valence-corrected chi connectivity index (χ3v) is 1.80. The van der Waals surface area contributed by atoms with Crippen LogP contribution >= 0.6 is 0 Å². The molecule has 1 aromatic carbocycles. The molecule has 3 nitrogen and oxygen atoms in total. The van der Waals surface area contributed by atoms with Gasteiger partial charge in [-0.25, -0.2) is 0 Å². The van der Waals surface area contributed by atoms with E-state index in [1.165, 1.54) is 0 Å². The molecular weight excluding hydrogens is 154 g/mol. The van der Waals surface area contributed by atoms with E-state index in [2.05, 4.69) is 5.32 Å². The van der Waals surface area contributed by atoms with Crippen molar-refractivity contribution in [2.45, 2.75) is 0 Å². The van der Waals surface area contributed by atoms with E-state index < -0.39 is 0 Å². The zero-order valence-corrected chi connectivity index (χ0v) is 6.63. The van der Waals surface area contributed by atoms with E-state index in [1.54, 1.807) is 13.5 Å². The van der Waals surface area contributed by atoms with E-state index in [0.29, 0.717) is 0 Å². The van der Waals surface area contributed by atoms with Gasteiger partial charge in [-0.3, -0.25) is 4.79 Å². The maximum Gasteiger partial charge on any atom is 0.233 e. The minimum Gasteiger partial charge on any atom is -0.497 e. The minimum atomic E-state index is -0.0711. The highest BCUT2D eigenvalue weighted by Gasteiger charge is 2.17. The van der Waals surface area contributed by atoms with Crippen LogP contribution in [0.15, 0.2) is 18.2 Å². The first kappa shape index (κ1) is 7.16. The van der Waals surface area contributed by atoms with E-state index in [9.17, 15) is 4.79 Å². The molecule has 1 heterocycles. The lowest BCUT2D eigenvalue weighted by Crippen LogP contribution is -2.01. The van der Waals surface area contributed by atoms with Gasteiger partial charge in [0.1, 0.15) is 5.75 Å². The molecule has 1 aliphatic heterocycles. The van der Waals surface area contributed by atoms with E-state index in [1.807, 2.05) is 18.2 Å². The highest BCUT2D eigenvalue weighted by molar-refractivity contribution is 6.06. The first-order valence-electron chi connectivity index (χ1n) is 3.63. The lowest BCUT2D eigenvalue weighted by atomic mass is 10.1. The molecule has 61 valence electrons. The fourth-order valence-electron chi connectivity index (χ4n) is 1.21. The predicted molar refractivity (Wildman–Crippen MR) is 45.0 cm³/mol. The average Bonchev–Trinajstić information content (AvgIpc) is 2.43. The maximum atomic E-state index is 10.9. The molecule has 2 rings (SSSR count). The van der Waals surface area contributed by atoms with E-state index >= 15 is 0 Å². The number of ether oxygens (including phenoxy) is 1. The molecule has 1 aliphatic rings. The van der Waals surface area contributed by atoms with Gasteiger partial charge >= 0.3 is 0 Å². The van der Waals surface area contributed by atoms with Crippen LogP contribution in [-0.2, 0) is 4.79 Å². The van der Waals surface area contributed by atoms with Crippen molar-refractivity contribution < 1.29 is 9.53 Å². The van der Waals surface area contributed by atoms with Crippen LogP contribution in [0, 0.1) is 6.42 Å². The lowest BCUT2D eigenvalue weighted by molar-refractivity contribution is -0.112. The minimum absolute atomic E-state index is 0.0711. The molecule has 1 N–H and O–H groups in total. The number of carbonyl (C=O) groups is 1. The Labute approximate surface area is 70.3 Å². The Morgan fingerprint density at radius 2 is 2.25 bits per heavy atom. The molecule has 0 saturated heterocycles.